The van der Waals surface area contributed by atoms with Crippen LogP contribution in [0, 0.1) is 17.2 Å². The molecule has 0 spiro atoms. The fraction of sp³-hybridized carbons (Fsp3) is 0.538. The first-order valence-electron chi connectivity index (χ1n) is 12.0. The molecule has 3 heterocycles. The number of rotatable bonds is 4. The summed E-state index contributed by atoms with van der Waals surface area (Å²) in [7, 11) is 0. The summed E-state index contributed by atoms with van der Waals surface area (Å²) in [5, 5.41) is 10.5. The highest BCUT2D eigenvalue weighted by Gasteiger charge is 2.43. The highest BCUT2D eigenvalue weighted by Crippen LogP contribution is 2.45. The van der Waals surface area contributed by atoms with E-state index in [4.69, 9.17) is 21.3 Å². The largest absolute Gasteiger partial charge is 0.444 e. The molecule has 3 aliphatic rings. The number of hydrogen-bond donors (Lipinski definition) is 0. The second-order valence-corrected chi connectivity index (χ2v) is 11.0. The molecule has 3 fully saturated rings. The van der Waals surface area contributed by atoms with Crippen molar-refractivity contribution in [1.29, 1.82) is 5.26 Å². The summed E-state index contributed by atoms with van der Waals surface area (Å²) < 4.78 is 5.69. The summed E-state index contributed by atoms with van der Waals surface area (Å²) in [6, 6.07) is 8.14. The zero-order valence-corrected chi connectivity index (χ0v) is 20.7. The van der Waals surface area contributed by atoms with Crippen LogP contribution in [0.1, 0.15) is 63.6 Å². The van der Waals surface area contributed by atoms with Crippen LogP contribution in [0.25, 0.3) is 11.1 Å². The van der Waals surface area contributed by atoms with Crippen molar-refractivity contribution in [2.75, 3.05) is 24.5 Å². The van der Waals surface area contributed by atoms with Gasteiger partial charge >= 0.3 is 6.09 Å². The van der Waals surface area contributed by atoms with E-state index in [-0.39, 0.29) is 12.1 Å². The average molecular weight is 480 g/mol. The van der Waals surface area contributed by atoms with E-state index in [2.05, 4.69) is 16.0 Å². The van der Waals surface area contributed by atoms with Crippen LogP contribution in [0.2, 0.25) is 5.15 Å². The molecule has 0 radical (unpaired) electrons. The van der Waals surface area contributed by atoms with Crippen molar-refractivity contribution in [2.45, 2.75) is 64.0 Å². The van der Waals surface area contributed by atoms with Gasteiger partial charge in [0.2, 0.25) is 0 Å². The Morgan fingerprint density at radius 3 is 2.59 bits per heavy atom. The predicted molar refractivity (Wildman–Crippen MR) is 131 cm³/mol. The third-order valence-electron chi connectivity index (χ3n) is 6.67. The number of carbonyl (C=O) groups is 1. The molecule has 0 bridgehead atoms. The van der Waals surface area contributed by atoms with E-state index in [9.17, 15) is 10.1 Å². The maximum Gasteiger partial charge on any atom is 0.410 e. The number of carbonyl (C=O) groups excluding carboxylic acids is 1. The Morgan fingerprint density at radius 1 is 1.21 bits per heavy atom. The summed E-state index contributed by atoms with van der Waals surface area (Å²) in [6.07, 6.45) is 5.87. The Balaban J connectivity index is 1.46. The molecule has 0 unspecified atom stereocenters. The van der Waals surface area contributed by atoms with Crippen molar-refractivity contribution >= 4 is 23.5 Å². The smallest absolute Gasteiger partial charge is 0.410 e. The molecule has 1 amide bonds. The average Bonchev–Trinajstić information content (AvgIpc) is 3.70. The van der Waals surface area contributed by atoms with Crippen LogP contribution in [0.3, 0.4) is 0 Å². The van der Waals surface area contributed by atoms with Crippen molar-refractivity contribution in [3.8, 4) is 17.2 Å². The van der Waals surface area contributed by atoms with Gasteiger partial charge in [-0.2, -0.15) is 5.26 Å². The molecule has 1 saturated heterocycles. The van der Waals surface area contributed by atoms with E-state index in [1.165, 1.54) is 0 Å². The Kier molecular flexibility index (Phi) is 5.89. The van der Waals surface area contributed by atoms with E-state index >= 15 is 0 Å². The van der Waals surface area contributed by atoms with Crippen LogP contribution in [-0.4, -0.2) is 52.2 Å². The fourth-order valence-electron chi connectivity index (χ4n) is 4.74. The van der Waals surface area contributed by atoms with Crippen molar-refractivity contribution in [3.63, 3.8) is 0 Å². The summed E-state index contributed by atoms with van der Waals surface area (Å²) in [6.45, 7) is 7.53. The van der Waals surface area contributed by atoms with Gasteiger partial charge in [0.15, 0.2) is 0 Å². The maximum absolute atomic E-state index is 12.9. The third kappa shape index (κ3) is 4.83. The van der Waals surface area contributed by atoms with Gasteiger partial charge in [-0.25, -0.2) is 14.8 Å². The molecule has 5 rings (SSSR count). The highest BCUT2D eigenvalue weighted by atomic mass is 35.5. The van der Waals surface area contributed by atoms with Gasteiger partial charge in [-0.3, -0.25) is 0 Å². The monoisotopic (exact) mass is 479 g/mol. The minimum Gasteiger partial charge on any atom is -0.444 e. The lowest BCUT2D eigenvalue weighted by atomic mass is 9.99. The van der Waals surface area contributed by atoms with Gasteiger partial charge in [0.1, 0.15) is 22.6 Å². The van der Waals surface area contributed by atoms with E-state index in [0.717, 1.165) is 48.3 Å². The second-order valence-electron chi connectivity index (χ2n) is 10.6. The number of pyridine rings is 2. The summed E-state index contributed by atoms with van der Waals surface area (Å²) in [5.41, 5.74) is 2.94. The van der Waals surface area contributed by atoms with Crippen LogP contribution in [-0.2, 0) is 4.74 Å². The van der Waals surface area contributed by atoms with Crippen molar-refractivity contribution in [3.05, 3.63) is 40.8 Å². The van der Waals surface area contributed by atoms with E-state index in [1.807, 2.05) is 43.9 Å². The van der Waals surface area contributed by atoms with Gasteiger partial charge in [0.25, 0.3) is 0 Å². The molecule has 2 saturated carbocycles. The van der Waals surface area contributed by atoms with Gasteiger partial charge in [0, 0.05) is 37.3 Å². The molecular weight excluding hydrogens is 450 g/mol. The zero-order valence-electron chi connectivity index (χ0n) is 19.9. The summed E-state index contributed by atoms with van der Waals surface area (Å²) in [4.78, 5) is 26.2. The number of amides is 1. The Bertz CT molecular complexity index is 1150. The number of halogens is 1. The first-order chi connectivity index (χ1) is 16.2. The Labute approximate surface area is 205 Å². The van der Waals surface area contributed by atoms with Gasteiger partial charge in [-0.05, 0) is 76.1 Å². The van der Waals surface area contributed by atoms with E-state index < -0.39 is 5.60 Å². The zero-order chi connectivity index (χ0) is 24.0. The molecule has 7 nitrogen and oxygen atoms in total. The Hall–Kier alpha value is -2.85. The van der Waals surface area contributed by atoms with Crippen molar-refractivity contribution in [2.24, 2.45) is 5.92 Å². The molecule has 2 aromatic heterocycles. The molecule has 0 aromatic carbocycles. The number of aromatic nitrogens is 2. The van der Waals surface area contributed by atoms with Crippen LogP contribution in [0.4, 0.5) is 10.6 Å². The van der Waals surface area contributed by atoms with Crippen LogP contribution < -0.4 is 4.90 Å². The van der Waals surface area contributed by atoms with Crippen LogP contribution in [0.15, 0.2) is 24.4 Å². The number of nitrogens with zero attached hydrogens (tertiary/aromatic N) is 5. The maximum atomic E-state index is 12.9. The molecule has 0 N–H and O–H groups in total. The van der Waals surface area contributed by atoms with Crippen LogP contribution >= 0.6 is 11.6 Å². The van der Waals surface area contributed by atoms with Crippen molar-refractivity contribution < 1.29 is 9.53 Å². The lowest BCUT2D eigenvalue weighted by Gasteiger charge is -2.42. The second kappa shape index (κ2) is 8.74. The first-order valence-corrected chi connectivity index (χ1v) is 12.4. The fourth-order valence-corrected chi connectivity index (χ4v) is 4.92. The normalized spacial score (nSPS) is 20.7. The van der Waals surface area contributed by atoms with Gasteiger partial charge in [0.05, 0.1) is 17.3 Å². The predicted octanol–water partition coefficient (Wildman–Crippen LogP) is 5.38. The number of anilines is 1. The summed E-state index contributed by atoms with van der Waals surface area (Å²) in [5.74, 6) is 1.60. The molecule has 1 atom stereocenters. The SMILES string of the molecule is CC(C)(C)OC(=O)N1CCN(c2nc(C3CC3)c(-c3ccnc(Cl)c3)cc2C#N)C[C@H]1C1CC1. The quantitative estimate of drug-likeness (QED) is 0.547. The molecule has 34 heavy (non-hydrogen) atoms. The van der Waals surface area contributed by atoms with Crippen LogP contribution in [0.5, 0.6) is 0 Å². The van der Waals surface area contributed by atoms with Gasteiger partial charge in [-0.1, -0.05) is 11.6 Å². The molecule has 2 aromatic rings. The third-order valence-corrected chi connectivity index (χ3v) is 6.87. The van der Waals surface area contributed by atoms with Gasteiger partial charge < -0.3 is 14.5 Å². The first kappa shape index (κ1) is 22.9. The number of hydrogen-bond acceptors (Lipinski definition) is 6. The highest BCUT2D eigenvalue weighted by molar-refractivity contribution is 6.29. The molecule has 2 aliphatic carbocycles. The molecule has 8 heteroatoms. The lowest BCUT2D eigenvalue weighted by molar-refractivity contribution is 0.0116. The van der Waals surface area contributed by atoms with E-state index in [0.29, 0.717) is 42.2 Å². The lowest BCUT2D eigenvalue weighted by Crippen LogP contribution is -2.57. The number of ether oxygens (including phenoxy) is 1. The number of nitriles is 1. The standard InChI is InChI=1S/C26H30ClN5O2/c1-26(2,3)34-25(33)32-11-10-31(15-21(32)16-4-5-16)24-19(14-28)12-20(23(30-24)17-6-7-17)18-8-9-29-22(27)13-18/h8-9,12-13,16-17,21H,4-7,10-11,15H2,1-3H3/t21-/m0/s1. The minimum atomic E-state index is -0.525. The topological polar surface area (TPSA) is 82.3 Å². The van der Waals surface area contributed by atoms with E-state index in [1.54, 1.807) is 6.20 Å². The van der Waals surface area contributed by atoms with Crippen molar-refractivity contribution in [1.82, 2.24) is 14.9 Å². The minimum absolute atomic E-state index is 0.0694. The summed E-state index contributed by atoms with van der Waals surface area (Å²) >= 11 is 6.15. The Morgan fingerprint density at radius 2 is 1.97 bits per heavy atom. The van der Waals surface area contributed by atoms with Gasteiger partial charge in [-0.15, -0.1) is 0 Å². The number of piperazine rings is 1. The molecular formula is C26H30ClN5O2. The molecule has 1 aliphatic heterocycles. The molecule has 178 valence electrons.